The van der Waals surface area contributed by atoms with Crippen LogP contribution < -0.4 is 19.5 Å². The van der Waals surface area contributed by atoms with Crippen LogP contribution in [0, 0.1) is 0 Å². The van der Waals surface area contributed by atoms with Crippen LogP contribution in [0.15, 0.2) is 9.59 Å². The molecule has 4 heterocycles. The Bertz CT molecular complexity index is 2300. The van der Waals surface area contributed by atoms with E-state index in [1.54, 1.807) is 13.8 Å². The molecule has 26 heteroatoms. The molecule has 352 valence electrons. The van der Waals surface area contributed by atoms with E-state index < -0.39 is 114 Å². The molecule has 63 heavy (non-hydrogen) atoms. The van der Waals surface area contributed by atoms with Gasteiger partial charge in [-0.2, -0.15) is 16.8 Å². The van der Waals surface area contributed by atoms with Crippen LogP contribution in [0.1, 0.15) is 117 Å². The highest BCUT2D eigenvalue weighted by Gasteiger charge is 2.39. The summed E-state index contributed by atoms with van der Waals surface area (Å²) >= 11 is 0. The Kier molecular flexibility index (Phi) is 17.7. The lowest BCUT2D eigenvalue weighted by Crippen LogP contribution is -2.44. The van der Waals surface area contributed by atoms with Gasteiger partial charge in [-0.15, -0.1) is 0 Å². The molecule has 0 spiro atoms. The largest absolute Gasteiger partial charge is 0.464 e. The molecule has 24 nitrogen and oxygen atoms in total. The monoisotopic (exact) mass is 932 g/mol. The summed E-state index contributed by atoms with van der Waals surface area (Å²) in [4.78, 5) is 114. The number of ether oxygens (including phenoxy) is 2. The van der Waals surface area contributed by atoms with Gasteiger partial charge in [0.05, 0.1) is 38.8 Å². The lowest BCUT2D eigenvalue weighted by molar-refractivity contribution is -0.151. The molecule has 4 atom stereocenters. The minimum Gasteiger partial charge on any atom is -0.464 e. The number of fused-ring (bicyclic) bond motifs is 2. The lowest BCUT2D eigenvalue weighted by Gasteiger charge is -2.29. The van der Waals surface area contributed by atoms with E-state index in [0.717, 1.165) is 46.3 Å². The molecule has 0 aromatic carbocycles. The summed E-state index contributed by atoms with van der Waals surface area (Å²) in [7, 11) is 2.32. The van der Waals surface area contributed by atoms with Gasteiger partial charge < -0.3 is 37.4 Å². The number of esters is 2. The Morgan fingerprint density at radius 3 is 1.13 bits per heavy atom. The number of carbonyl (C=O) groups is 6. The van der Waals surface area contributed by atoms with Gasteiger partial charge in [-0.25, -0.2) is 19.6 Å². The van der Waals surface area contributed by atoms with Crippen LogP contribution in [0.2, 0.25) is 0 Å². The van der Waals surface area contributed by atoms with Gasteiger partial charge in [-0.3, -0.25) is 37.9 Å². The van der Waals surface area contributed by atoms with E-state index in [2.05, 4.69) is 19.4 Å². The molecule has 4 amide bonds. The molecule has 2 aliphatic heterocycles. The minimum atomic E-state index is -4.16. The van der Waals surface area contributed by atoms with Gasteiger partial charge in [0.1, 0.15) is 11.6 Å². The quantitative estimate of drug-likeness (QED) is 0.192. The van der Waals surface area contributed by atoms with Crippen molar-refractivity contribution < 1.29 is 63.4 Å². The second kappa shape index (κ2) is 21.0. The fourth-order valence-corrected chi connectivity index (χ4v) is 7.65. The van der Waals surface area contributed by atoms with Gasteiger partial charge in [-0.1, -0.05) is 7.43 Å². The van der Waals surface area contributed by atoms with Crippen LogP contribution in [0.3, 0.4) is 0 Å². The Morgan fingerprint density at radius 2 is 0.873 bits per heavy atom. The Labute approximate surface area is 365 Å². The number of hydrogen-bond donors (Lipinski definition) is 0. The Balaban J connectivity index is 0.000000427. The third-order valence-corrected chi connectivity index (χ3v) is 10.8. The average Bonchev–Trinajstić information content (AvgIpc) is 3.46. The second-order valence-electron chi connectivity index (χ2n) is 15.0. The SMILES string of the molecule is C.COC(=O)c1nc2n(c(=O)c1OS(C)(=O)=O)[C@@H](C)CCC[C@@H]2N(C)C(=O)C(=O)N(C)C.COC(=O)c1nc2n(c(=O)c1OS(C)(=O)=O)[C@@H](C)CCC[C@H]2N(C)C(=O)C(=O)N(C)C. The zero-order valence-electron chi connectivity index (χ0n) is 36.5. The smallest absolute Gasteiger partial charge is 0.360 e. The first-order valence-electron chi connectivity index (χ1n) is 18.8. The van der Waals surface area contributed by atoms with Crippen molar-refractivity contribution in [1.29, 1.82) is 0 Å². The zero-order valence-corrected chi connectivity index (χ0v) is 38.1. The van der Waals surface area contributed by atoms with Crippen molar-refractivity contribution in [2.75, 3.05) is 69.0 Å². The average molecular weight is 933 g/mol. The number of rotatable bonds is 8. The first-order chi connectivity index (χ1) is 28.6. The predicted octanol–water partition coefficient (Wildman–Crippen LogP) is 0.0379. The number of carbonyl (C=O) groups excluding carboxylic acids is 6. The van der Waals surface area contributed by atoms with E-state index >= 15 is 0 Å². The first kappa shape index (κ1) is 53.2. The lowest BCUT2D eigenvalue weighted by atomic mass is 10.1. The number of methoxy groups -OCH3 is 2. The molecule has 2 aromatic rings. The zero-order chi connectivity index (χ0) is 47.3. The van der Waals surface area contributed by atoms with Gasteiger partial charge in [0.25, 0.3) is 11.1 Å². The molecule has 0 bridgehead atoms. The van der Waals surface area contributed by atoms with Crippen molar-refractivity contribution in [3.8, 4) is 11.5 Å². The Hall–Kier alpha value is -5.92. The molecule has 2 aromatic heterocycles. The summed E-state index contributed by atoms with van der Waals surface area (Å²) in [5.74, 6) is -6.79. The van der Waals surface area contributed by atoms with Gasteiger partial charge in [-0.05, 0) is 52.4 Å². The van der Waals surface area contributed by atoms with Crippen LogP contribution >= 0.6 is 0 Å². The van der Waals surface area contributed by atoms with Crippen LogP contribution in [-0.2, 0) is 48.9 Å². The third kappa shape index (κ3) is 12.2. The molecule has 4 rings (SSSR count). The highest BCUT2D eigenvalue weighted by Crippen LogP contribution is 2.35. The Morgan fingerprint density at radius 1 is 0.571 bits per heavy atom. The molecule has 0 fully saturated rings. The van der Waals surface area contributed by atoms with Crippen LogP contribution in [-0.4, -0.2) is 160 Å². The fraction of sp³-hybridized carbons (Fsp3) is 0.622. The third-order valence-electron chi connectivity index (χ3n) is 9.86. The van der Waals surface area contributed by atoms with Crippen LogP contribution in [0.25, 0.3) is 0 Å². The highest BCUT2D eigenvalue weighted by molar-refractivity contribution is 7.86. The second-order valence-corrected chi connectivity index (χ2v) is 18.2. The summed E-state index contributed by atoms with van der Waals surface area (Å²) in [6, 6.07) is -2.49. The maximum Gasteiger partial charge on any atom is 0.360 e. The molecule has 0 unspecified atom stereocenters. The highest BCUT2D eigenvalue weighted by atomic mass is 32.2. The van der Waals surface area contributed by atoms with E-state index in [1.807, 2.05) is 0 Å². The molecule has 0 N–H and O–H groups in total. The van der Waals surface area contributed by atoms with Crippen molar-refractivity contribution in [1.82, 2.24) is 38.7 Å². The molecule has 0 radical (unpaired) electrons. The maximum atomic E-state index is 13.2. The number of likely N-dealkylation sites (N-methyl/N-ethyl adjacent to an activating group) is 4. The molecular formula is C37H56N8O16S2. The molecule has 0 aliphatic carbocycles. The van der Waals surface area contributed by atoms with Crippen molar-refractivity contribution in [3.63, 3.8) is 0 Å². The summed E-state index contributed by atoms with van der Waals surface area (Å²) in [6.45, 7) is 3.45. The van der Waals surface area contributed by atoms with E-state index in [9.17, 15) is 55.2 Å². The van der Waals surface area contributed by atoms with E-state index in [0.29, 0.717) is 38.5 Å². The molecule has 0 saturated heterocycles. The van der Waals surface area contributed by atoms with Crippen LogP contribution in [0.4, 0.5) is 0 Å². The normalized spacial score (nSPS) is 18.1. The van der Waals surface area contributed by atoms with E-state index in [4.69, 9.17) is 8.37 Å². The summed E-state index contributed by atoms with van der Waals surface area (Å²) in [5.41, 5.74) is -3.03. The number of amides is 4. The van der Waals surface area contributed by atoms with E-state index in [1.165, 1.54) is 51.4 Å². The van der Waals surface area contributed by atoms with Crippen LogP contribution in [0.5, 0.6) is 11.5 Å². The summed E-state index contributed by atoms with van der Waals surface area (Å²) < 4.78 is 68.0. The first-order valence-corrected chi connectivity index (χ1v) is 22.5. The molecule has 0 saturated carbocycles. The topological polar surface area (TPSA) is 290 Å². The molecular weight excluding hydrogens is 877 g/mol. The van der Waals surface area contributed by atoms with Crippen molar-refractivity contribution >= 4 is 55.8 Å². The van der Waals surface area contributed by atoms with Crippen molar-refractivity contribution in [2.24, 2.45) is 0 Å². The fourth-order valence-electron chi connectivity index (χ4n) is 6.74. The van der Waals surface area contributed by atoms with Crippen molar-refractivity contribution in [2.45, 2.75) is 84.0 Å². The number of hydrogen-bond acceptors (Lipinski definition) is 18. The standard InChI is InChI=1S/2C18H26N4O8S.CH4/c2*1-10-8-7-9-11(21(4)17(25)16(24)20(2)3)14-19-12(18(26)29-5)13(15(23)22(10)14)30-31(6,27)28;/h2*10-11H,7-9H2,1-6H3;1H4/t10-,11+;10-,11-;/m00./s1. The van der Waals surface area contributed by atoms with Gasteiger partial charge in [0, 0.05) is 54.4 Å². The summed E-state index contributed by atoms with van der Waals surface area (Å²) in [5, 5.41) is 0. The van der Waals surface area contributed by atoms with Gasteiger partial charge in [0.15, 0.2) is 11.4 Å². The minimum absolute atomic E-state index is 0. The van der Waals surface area contributed by atoms with Crippen molar-refractivity contribution in [3.05, 3.63) is 43.7 Å². The molecule has 2 aliphatic rings. The van der Waals surface area contributed by atoms with Gasteiger partial charge >= 0.3 is 55.8 Å². The number of aromatic nitrogens is 4. The predicted molar refractivity (Wildman–Crippen MR) is 223 cm³/mol. The number of nitrogens with zero attached hydrogens (tertiary/aromatic N) is 8. The summed E-state index contributed by atoms with van der Waals surface area (Å²) in [6.07, 6.45) is 4.40. The van der Waals surface area contributed by atoms with E-state index in [-0.39, 0.29) is 19.1 Å². The maximum absolute atomic E-state index is 13.2. The van der Waals surface area contributed by atoms with Gasteiger partial charge in [0.2, 0.25) is 11.5 Å².